The van der Waals surface area contributed by atoms with E-state index in [1.807, 2.05) is 18.4 Å². The van der Waals surface area contributed by atoms with Crippen LogP contribution in [0.2, 0.25) is 0 Å². The molecule has 2 aromatic heterocycles. The summed E-state index contributed by atoms with van der Waals surface area (Å²) in [6.07, 6.45) is 5.09. The van der Waals surface area contributed by atoms with Gasteiger partial charge in [0.05, 0.1) is 5.69 Å². The number of ether oxygens (including phenoxy) is 1. The summed E-state index contributed by atoms with van der Waals surface area (Å²) in [4.78, 5) is 14.1. The van der Waals surface area contributed by atoms with E-state index in [0.717, 1.165) is 34.7 Å². The number of aromatic nitrogens is 4. The number of rotatable bonds is 7. The maximum atomic E-state index is 12.5. The van der Waals surface area contributed by atoms with Crippen molar-refractivity contribution in [2.24, 2.45) is 11.8 Å². The zero-order chi connectivity index (χ0) is 21.0. The number of imidazole rings is 1. The van der Waals surface area contributed by atoms with E-state index in [2.05, 4.69) is 36.0 Å². The highest BCUT2D eigenvalue weighted by atomic mass is 79.9. The smallest absolute Gasteiger partial charge is 0.387 e. The summed E-state index contributed by atoms with van der Waals surface area (Å²) in [6, 6.07) is 5.21. The van der Waals surface area contributed by atoms with Crippen molar-refractivity contribution >= 4 is 32.9 Å². The van der Waals surface area contributed by atoms with E-state index >= 15 is 0 Å². The van der Waals surface area contributed by atoms with Crippen molar-refractivity contribution in [1.82, 2.24) is 19.5 Å². The second-order valence-electron chi connectivity index (χ2n) is 8.12. The van der Waals surface area contributed by atoms with E-state index in [1.54, 1.807) is 6.07 Å². The lowest BCUT2D eigenvalue weighted by Gasteiger charge is -2.18. The number of anilines is 1. The molecule has 0 bridgehead atoms. The van der Waals surface area contributed by atoms with Crippen LogP contribution in [0.15, 0.2) is 22.7 Å². The van der Waals surface area contributed by atoms with Crippen molar-refractivity contribution in [2.45, 2.75) is 52.2 Å². The first kappa shape index (κ1) is 19.7. The summed E-state index contributed by atoms with van der Waals surface area (Å²) in [6.45, 7) is 0.902. The van der Waals surface area contributed by atoms with Crippen molar-refractivity contribution in [3.05, 3.63) is 34.3 Å². The average molecular weight is 478 g/mol. The van der Waals surface area contributed by atoms with Gasteiger partial charge in [-0.1, -0.05) is 0 Å². The molecule has 0 radical (unpaired) electrons. The first-order valence-corrected chi connectivity index (χ1v) is 10.9. The Morgan fingerprint density at radius 1 is 1.10 bits per heavy atom. The van der Waals surface area contributed by atoms with Gasteiger partial charge in [-0.25, -0.2) is 15.0 Å². The molecule has 2 aliphatic rings. The van der Waals surface area contributed by atoms with Crippen LogP contribution in [0, 0.1) is 25.7 Å². The summed E-state index contributed by atoms with van der Waals surface area (Å²) < 4.78 is 32.1. The molecule has 2 heterocycles. The Bertz CT molecular complexity index is 1100. The van der Waals surface area contributed by atoms with Crippen LogP contribution < -0.4 is 10.1 Å². The lowest BCUT2D eigenvalue weighted by Crippen LogP contribution is -2.25. The largest absolute Gasteiger partial charge is 0.435 e. The number of alkyl halides is 2. The standard InChI is InChI=1S/C21H22BrF2N5O/c1-10-25-19(28-17(12-3-4-12)13-5-6-13)18-20(26-10)29(11(2)27-18)16-8-7-14(9-15(16)22)30-21(23)24/h7-9,12-13,17,21H,3-6H2,1-2H3,(H,25,26,28). The lowest BCUT2D eigenvalue weighted by molar-refractivity contribution is -0.0498. The quantitative estimate of drug-likeness (QED) is 0.493. The molecule has 0 unspecified atom stereocenters. The number of benzene rings is 1. The molecule has 6 nitrogen and oxygen atoms in total. The molecule has 3 aromatic rings. The van der Waals surface area contributed by atoms with E-state index in [4.69, 9.17) is 4.98 Å². The number of halogens is 3. The Labute approximate surface area is 181 Å². The number of nitrogens with zero attached hydrogens (tertiary/aromatic N) is 4. The summed E-state index contributed by atoms with van der Waals surface area (Å²) in [5.74, 6) is 3.71. The van der Waals surface area contributed by atoms with Gasteiger partial charge < -0.3 is 10.1 Å². The molecule has 158 valence electrons. The third kappa shape index (κ3) is 3.75. The van der Waals surface area contributed by atoms with Crippen LogP contribution in [-0.4, -0.2) is 32.2 Å². The average Bonchev–Trinajstić information content (AvgIpc) is 3.58. The highest BCUT2D eigenvalue weighted by Gasteiger charge is 2.42. The van der Waals surface area contributed by atoms with Gasteiger partial charge >= 0.3 is 6.61 Å². The van der Waals surface area contributed by atoms with Gasteiger partial charge in [0.15, 0.2) is 17.0 Å². The molecule has 0 amide bonds. The van der Waals surface area contributed by atoms with Gasteiger partial charge in [-0.2, -0.15) is 8.78 Å². The highest BCUT2D eigenvalue weighted by Crippen LogP contribution is 2.46. The van der Waals surface area contributed by atoms with Gasteiger partial charge in [0, 0.05) is 10.5 Å². The fraction of sp³-hybridized carbons (Fsp3) is 0.476. The number of aryl methyl sites for hydroxylation is 2. The predicted molar refractivity (Wildman–Crippen MR) is 113 cm³/mol. The fourth-order valence-corrected chi connectivity index (χ4v) is 4.63. The third-order valence-corrected chi connectivity index (χ3v) is 6.37. The van der Waals surface area contributed by atoms with Gasteiger partial charge in [-0.05, 0) is 85.5 Å². The van der Waals surface area contributed by atoms with Crippen LogP contribution in [0.4, 0.5) is 14.6 Å². The van der Waals surface area contributed by atoms with Crippen LogP contribution in [0.3, 0.4) is 0 Å². The van der Waals surface area contributed by atoms with E-state index in [1.165, 1.54) is 37.8 Å². The van der Waals surface area contributed by atoms with Crippen molar-refractivity contribution in [1.29, 1.82) is 0 Å². The Morgan fingerprint density at radius 2 is 1.80 bits per heavy atom. The SMILES string of the molecule is Cc1nc(NC(C2CC2)C2CC2)c2nc(C)n(-c3ccc(OC(F)F)cc3Br)c2n1. The predicted octanol–water partition coefficient (Wildman–Crippen LogP) is 5.40. The topological polar surface area (TPSA) is 64.9 Å². The number of hydrogen-bond acceptors (Lipinski definition) is 5. The molecule has 0 spiro atoms. The first-order chi connectivity index (χ1) is 14.4. The van der Waals surface area contributed by atoms with Gasteiger partial charge in [0.25, 0.3) is 0 Å². The molecule has 5 rings (SSSR count). The molecule has 9 heteroatoms. The van der Waals surface area contributed by atoms with Crippen molar-refractivity contribution in [3.8, 4) is 11.4 Å². The second kappa shape index (κ2) is 7.44. The third-order valence-electron chi connectivity index (χ3n) is 5.73. The maximum Gasteiger partial charge on any atom is 0.387 e. The zero-order valence-electron chi connectivity index (χ0n) is 16.7. The number of fused-ring (bicyclic) bond motifs is 1. The molecular formula is C21H22BrF2N5O. The Morgan fingerprint density at radius 3 is 2.40 bits per heavy atom. The summed E-state index contributed by atoms with van der Waals surface area (Å²) in [7, 11) is 0. The Kier molecular flexibility index (Phi) is 4.88. The Balaban J connectivity index is 1.57. The number of nitrogens with one attached hydrogen (secondary N) is 1. The summed E-state index contributed by atoms with van der Waals surface area (Å²) in [5.41, 5.74) is 2.17. The van der Waals surface area contributed by atoms with Crippen molar-refractivity contribution < 1.29 is 13.5 Å². The van der Waals surface area contributed by atoms with E-state index in [0.29, 0.717) is 22.0 Å². The maximum absolute atomic E-state index is 12.5. The van der Waals surface area contributed by atoms with Crippen LogP contribution in [0.5, 0.6) is 5.75 Å². The van der Waals surface area contributed by atoms with Crippen molar-refractivity contribution in [3.63, 3.8) is 0 Å². The minimum absolute atomic E-state index is 0.0903. The van der Waals surface area contributed by atoms with Gasteiger partial charge in [0.2, 0.25) is 0 Å². The van der Waals surface area contributed by atoms with Gasteiger partial charge in [0.1, 0.15) is 17.4 Å². The molecule has 0 saturated heterocycles. The zero-order valence-corrected chi connectivity index (χ0v) is 18.3. The molecular weight excluding hydrogens is 456 g/mol. The summed E-state index contributed by atoms with van der Waals surface area (Å²) >= 11 is 3.48. The minimum atomic E-state index is -2.87. The molecule has 30 heavy (non-hydrogen) atoms. The van der Waals surface area contributed by atoms with Crippen molar-refractivity contribution in [2.75, 3.05) is 5.32 Å². The van der Waals surface area contributed by atoms with E-state index < -0.39 is 6.61 Å². The lowest BCUT2D eigenvalue weighted by atomic mass is 10.1. The highest BCUT2D eigenvalue weighted by molar-refractivity contribution is 9.10. The van der Waals surface area contributed by atoms with Crippen LogP contribution >= 0.6 is 15.9 Å². The molecule has 2 saturated carbocycles. The molecule has 0 atom stereocenters. The second-order valence-corrected chi connectivity index (χ2v) is 8.98. The number of hydrogen-bond donors (Lipinski definition) is 1. The first-order valence-electron chi connectivity index (χ1n) is 10.2. The summed E-state index contributed by atoms with van der Waals surface area (Å²) in [5, 5.41) is 3.68. The minimum Gasteiger partial charge on any atom is -0.435 e. The molecule has 0 aliphatic heterocycles. The molecule has 1 aromatic carbocycles. The Hall–Kier alpha value is -2.29. The van der Waals surface area contributed by atoms with E-state index in [-0.39, 0.29) is 5.75 Å². The molecule has 1 N–H and O–H groups in total. The molecule has 2 aliphatic carbocycles. The van der Waals surface area contributed by atoms with Gasteiger partial charge in [-0.15, -0.1) is 0 Å². The molecule has 2 fully saturated rings. The van der Waals surface area contributed by atoms with Crippen LogP contribution in [-0.2, 0) is 0 Å². The monoisotopic (exact) mass is 477 g/mol. The van der Waals surface area contributed by atoms with Crippen LogP contribution in [0.1, 0.15) is 37.3 Å². The van der Waals surface area contributed by atoms with Gasteiger partial charge in [-0.3, -0.25) is 4.57 Å². The normalized spacial score (nSPS) is 16.6. The fourth-order valence-electron chi connectivity index (χ4n) is 4.10. The van der Waals surface area contributed by atoms with E-state index in [9.17, 15) is 8.78 Å². The van der Waals surface area contributed by atoms with Crippen LogP contribution in [0.25, 0.3) is 16.9 Å².